The summed E-state index contributed by atoms with van der Waals surface area (Å²) >= 11 is 5.66. The van der Waals surface area contributed by atoms with Gasteiger partial charge in [-0.25, -0.2) is 4.79 Å². The molecule has 5 heteroatoms. The van der Waals surface area contributed by atoms with Crippen molar-refractivity contribution in [2.45, 2.75) is 5.88 Å². The van der Waals surface area contributed by atoms with Gasteiger partial charge in [0.05, 0.1) is 12.7 Å². The fourth-order valence-corrected chi connectivity index (χ4v) is 1.24. The highest BCUT2D eigenvalue weighted by Crippen LogP contribution is 2.16. The summed E-state index contributed by atoms with van der Waals surface area (Å²) in [5.41, 5.74) is 4.32. The maximum atomic E-state index is 11.2. The normalized spacial score (nSPS) is 9.64. The van der Waals surface area contributed by atoms with Gasteiger partial charge in [0, 0.05) is 11.6 Å². The third-order valence-corrected chi connectivity index (χ3v) is 2.04. The molecule has 14 heavy (non-hydrogen) atoms. The molecule has 1 aromatic carbocycles. The number of rotatable bonds is 3. The van der Waals surface area contributed by atoms with Crippen LogP contribution in [0.3, 0.4) is 0 Å². The fourth-order valence-electron chi connectivity index (χ4n) is 1.09. The summed E-state index contributed by atoms with van der Waals surface area (Å²) in [6, 6.07) is 5.03. The van der Waals surface area contributed by atoms with Gasteiger partial charge in [-0.3, -0.25) is 5.84 Å². The van der Waals surface area contributed by atoms with Crippen molar-refractivity contribution < 1.29 is 9.53 Å². The third kappa shape index (κ3) is 2.37. The molecule has 4 nitrogen and oxygen atoms in total. The summed E-state index contributed by atoms with van der Waals surface area (Å²) in [5, 5.41) is 0. The Hall–Kier alpha value is -1.26. The number of hydrogen-bond donors (Lipinski definition) is 2. The molecule has 0 atom stereocenters. The van der Waals surface area contributed by atoms with Crippen LogP contribution in [0.15, 0.2) is 18.2 Å². The monoisotopic (exact) mass is 214 g/mol. The molecule has 0 aliphatic carbocycles. The smallest absolute Gasteiger partial charge is 0.337 e. The predicted octanol–water partition coefficient (Wildman–Crippen LogP) is 1.50. The van der Waals surface area contributed by atoms with E-state index in [1.165, 1.54) is 7.11 Å². The second-order valence-corrected chi connectivity index (χ2v) is 2.96. The van der Waals surface area contributed by atoms with Crippen LogP contribution >= 0.6 is 11.6 Å². The lowest BCUT2D eigenvalue weighted by Gasteiger charge is -2.06. The minimum absolute atomic E-state index is 0.319. The molecular formula is C9H11ClN2O2. The summed E-state index contributed by atoms with van der Waals surface area (Å²) < 4.78 is 4.58. The van der Waals surface area contributed by atoms with Gasteiger partial charge in [0.15, 0.2) is 0 Å². The van der Waals surface area contributed by atoms with Gasteiger partial charge >= 0.3 is 5.97 Å². The van der Waals surface area contributed by atoms with E-state index in [-0.39, 0.29) is 0 Å². The van der Waals surface area contributed by atoms with E-state index in [1.54, 1.807) is 18.2 Å². The van der Waals surface area contributed by atoms with Crippen molar-refractivity contribution in [2.75, 3.05) is 12.5 Å². The van der Waals surface area contributed by atoms with Crippen molar-refractivity contribution in [3.8, 4) is 0 Å². The van der Waals surface area contributed by atoms with Crippen LogP contribution in [0.2, 0.25) is 0 Å². The molecule has 0 aliphatic heterocycles. The van der Waals surface area contributed by atoms with E-state index in [9.17, 15) is 4.79 Å². The molecule has 0 bridgehead atoms. The van der Waals surface area contributed by atoms with Gasteiger partial charge in [-0.15, -0.1) is 11.6 Å². The Balaban J connectivity index is 3.10. The Labute approximate surface area is 87.0 Å². The number of carbonyl (C=O) groups is 1. The van der Waals surface area contributed by atoms with Gasteiger partial charge in [-0.2, -0.15) is 0 Å². The first-order chi connectivity index (χ1) is 6.71. The number of esters is 1. The molecule has 0 saturated carbocycles. The Bertz CT molecular complexity index is 319. The van der Waals surface area contributed by atoms with Crippen LogP contribution in [0, 0.1) is 0 Å². The van der Waals surface area contributed by atoms with Crippen molar-refractivity contribution >= 4 is 23.3 Å². The van der Waals surface area contributed by atoms with Gasteiger partial charge in [0.2, 0.25) is 0 Å². The molecule has 0 aromatic heterocycles. The number of halogens is 1. The highest BCUT2D eigenvalue weighted by atomic mass is 35.5. The molecule has 3 N–H and O–H groups in total. The average molecular weight is 215 g/mol. The zero-order chi connectivity index (χ0) is 10.6. The molecule has 0 amide bonds. The fraction of sp³-hybridized carbons (Fsp3) is 0.222. The molecule has 0 spiro atoms. The molecule has 0 heterocycles. The van der Waals surface area contributed by atoms with E-state index in [2.05, 4.69) is 10.2 Å². The summed E-state index contributed by atoms with van der Waals surface area (Å²) in [5.74, 6) is 5.15. The van der Waals surface area contributed by atoms with Gasteiger partial charge < -0.3 is 10.2 Å². The Morgan fingerprint density at radius 2 is 2.29 bits per heavy atom. The van der Waals surface area contributed by atoms with Crippen molar-refractivity contribution in [2.24, 2.45) is 5.84 Å². The number of benzene rings is 1. The number of ether oxygens (including phenoxy) is 1. The second kappa shape index (κ2) is 4.83. The lowest BCUT2D eigenvalue weighted by Crippen LogP contribution is -2.09. The van der Waals surface area contributed by atoms with Gasteiger partial charge in [0.25, 0.3) is 0 Å². The lowest BCUT2D eigenvalue weighted by atomic mass is 10.1. The van der Waals surface area contributed by atoms with Crippen LogP contribution in [0.1, 0.15) is 15.9 Å². The molecule has 0 unspecified atom stereocenters. The molecule has 1 aromatic rings. The average Bonchev–Trinajstić information content (AvgIpc) is 2.27. The Kier molecular flexibility index (Phi) is 3.73. The van der Waals surface area contributed by atoms with Gasteiger partial charge in [0.1, 0.15) is 0 Å². The topological polar surface area (TPSA) is 64.3 Å². The van der Waals surface area contributed by atoms with Crippen molar-refractivity contribution in [3.05, 3.63) is 29.3 Å². The molecule has 0 fully saturated rings. The molecular weight excluding hydrogens is 204 g/mol. The Morgan fingerprint density at radius 1 is 1.57 bits per heavy atom. The first-order valence-electron chi connectivity index (χ1n) is 3.96. The largest absolute Gasteiger partial charge is 0.465 e. The minimum atomic E-state index is -0.409. The van der Waals surface area contributed by atoms with Crippen LogP contribution < -0.4 is 11.3 Å². The molecule has 0 radical (unpaired) electrons. The number of carbonyl (C=O) groups excluding carboxylic acids is 1. The first-order valence-corrected chi connectivity index (χ1v) is 4.49. The highest BCUT2D eigenvalue weighted by molar-refractivity contribution is 6.17. The number of nitrogen functional groups attached to an aromatic ring is 1. The van der Waals surface area contributed by atoms with E-state index in [1.807, 2.05) is 0 Å². The SMILES string of the molecule is COC(=O)c1cc(CCl)cc(NN)c1. The number of hydrogen-bond acceptors (Lipinski definition) is 4. The van der Waals surface area contributed by atoms with Crippen LogP contribution in [0.4, 0.5) is 5.69 Å². The quantitative estimate of drug-likeness (QED) is 0.346. The van der Waals surface area contributed by atoms with E-state index in [0.29, 0.717) is 17.1 Å². The number of anilines is 1. The predicted molar refractivity (Wildman–Crippen MR) is 55.1 cm³/mol. The molecule has 1 rings (SSSR count). The van der Waals surface area contributed by atoms with Crippen LogP contribution in [0.5, 0.6) is 0 Å². The van der Waals surface area contributed by atoms with E-state index in [4.69, 9.17) is 17.4 Å². The summed E-state index contributed by atoms with van der Waals surface area (Å²) in [6.45, 7) is 0. The first kappa shape index (κ1) is 10.8. The number of methoxy groups -OCH3 is 1. The molecule has 0 aliphatic rings. The van der Waals surface area contributed by atoms with Crippen molar-refractivity contribution in [3.63, 3.8) is 0 Å². The maximum Gasteiger partial charge on any atom is 0.337 e. The van der Waals surface area contributed by atoms with Crippen LogP contribution in [-0.2, 0) is 10.6 Å². The van der Waals surface area contributed by atoms with Crippen molar-refractivity contribution in [1.82, 2.24) is 0 Å². The third-order valence-electron chi connectivity index (χ3n) is 1.73. The molecule has 76 valence electrons. The van der Waals surface area contributed by atoms with E-state index < -0.39 is 5.97 Å². The number of nitrogens with two attached hydrogens (primary N) is 1. The Morgan fingerprint density at radius 3 is 2.79 bits per heavy atom. The second-order valence-electron chi connectivity index (χ2n) is 2.69. The summed E-state index contributed by atoms with van der Waals surface area (Å²) in [6.07, 6.45) is 0. The lowest BCUT2D eigenvalue weighted by molar-refractivity contribution is 0.0600. The van der Waals surface area contributed by atoms with E-state index in [0.717, 1.165) is 5.56 Å². The zero-order valence-corrected chi connectivity index (χ0v) is 8.47. The van der Waals surface area contributed by atoms with Gasteiger partial charge in [-0.05, 0) is 23.8 Å². The summed E-state index contributed by atoms with van der Waals surface area (Å²) in [4.78, 5) is 11.2. The van der Waals surface area contributed by atoms with Crippen LogP contribution in [0.25, 0.3) is 0 Å². The zero-order valence-electron chi connectivity index (χ0n) is 7.71. The van der Waals surface area contributed by atoms with Crippen LogP contribution in [-0.4, -0.2) is 13.1 Å². The van der Waals surface area contributed by atoms with E-state index >= 15 is 0 Å². The number of alkyl halides is 1. The highest BCUT2D eigenvalue weighted by Gasteiger charge is 2.07. The van der Waals surface area contributed by atoms with Crippen molar-refractivity contribution in [1.29, 1.82) is 0 Å². The van der Waals surface area contributed by atoms with Gasteiger partial charge in [-0.1, -0.05) is 0 Å². The standard InChI is InChI=1S/C9H11ClN2O2/c1-14-9(13)7-2-6(5-10)3-8(4-7)12-11/h2-4,12H,5,11H2,1H3. The minimum Gasteiger partial charge on any atom is -0.465 e. The number of hydrazine groups is 1. The maximum absolute atomic E-state index is 11.2. The summed E-state index contributed by atoms with van der Waals surface area (Å²) in [7, 11) is 1.32. The number of nitrogens with one attached hydrogen (secondary N) is 1. The molecule has 0 saturated heterocycles.